The number of benzene rings is 2. The molecular formula is C28H34O16. The average molecular weight is 627 g/mol. The maximum atomic E-state index is 13.8. The Morgan fingerprint density at radius 3 is 1.91 bits per heavy atom. The van der Waals surface area contributed by atoms with Gasteiger partial charge in [-0.3, -0.25) is 4.79 Å². The van der Waals surface area contributed by atoms with E-state index >= 15 is 0 Å². The molecule has 5 rings (SSSR count). The molecule has 0 bridgehead atoms. The Kier molecular flexibility index (Phi) is 8.83. The zero-order valence-electron chi connectivity index (χ0n) is 23.6. The number of phenolic OH excluding ortho intramolecular Hbond substituents is 4. The predicted octanol–water partition coefficient (Wildman–Crippen LogP) is -1.10. The number of Topliss-reactive ketones (excluding diaryl/α,β-unsaturated/α-hetero) is 1. The van der Waals surface area contributed by atoms with Crippen LogP contribution < -0.4 is 9.47 Å². The quantitative estimate of drug-likeness (QED) is 0.184. The van der Waals surface area contributed by atoms with Crippen molar-refractivity contribution >= 4 is 5.78 Å². The zero-order chi connectivity index (χ0) is 32.2. The van der Waals surface area contributed by atoms with Crippen LogP contribution in [0, 0.1) is 0 Å². The summed E-state index contributed by atoms with van der Waals surface area (Å²) in [5, 5.41) is 93.8. The van der Waals surface area contributed by atoms with Gasteiger partial charge in [0.25, 0.3) is 0 Å². The van der Waals surface area contributed by atoms with Crippen molar-refractivity contribution in [2.24, 2.45) is 0 Å². The number of ether oxygens (including phenoxy) is 6. The third-order valence-electron chi connectivity index (χ3n) is 7.87. The number of carbonyl (C=O) groups excluding carboxylic acids is 1. The average Bonchev–Trinajstić information content (AvgIpc) is 2.95. The summed E-state index contributed by atoms with van der Waals surface area (Å²) in [6, 6.07) is 4.22. The molecule has 3 aliphatic rings. The van der Waals surface area contributed by atoms with Crippen molar-refractivity contribution in [1.29, 1.82) is 0 Å². The normalized spacial score (nSPS) is 37.2. The Morgan fingerprint density at radius 2 is 1.30 bits per heavy atom. The van der Waals surface area contributed by atoms with Gasteiger partial charge in [-0.1, -0.05) is 0 Å². The maximum absolute atomic E-state index is 13.8. The minimum absolute atomic E-state index is 0.0147. The molecule has 2 fully saturated rings. The predicted molar refractivity (Wildman–Crippen MR) is 142 cm³/mol. The Balaban J connectivity index is 1.48. The lowest BCUT2D eigenvalue weighted by molar-refractivity contribution is -0.357. The first-order valence-corrected chi connectivity index (χ1v) is 13.6. The van der Waals surface area contributed by atoms with E-state index in [9.17, 15) is 50.8 Å². The number of aliphatic hydroxyl groups is 5. The van der Waals surface area contributed by atoms with Gasteiger partial charge in [0.05, 0.1) is 19.3 Å². The molecule has 3 heterocycles. The van der Waals surface area contributed by atoms with Gasteiger partial charge in [-0.2, -0.15) is 0 Å². The van der Waals surface area contributed by atoms with E-state index in [0.29, 0.717) is 0 Å². The number of carbonyl (C=O) groups is 1. The molecular weight excluding hydrogens is 592 g/mol. The SMILES string of the molecule is COc1c(O)cc(C2Oc3cc(O)cc(O)c3C(=O)C2OC2OC(C)C(O)C(OC3OC(C)C(O)C(O)C3O)C2O)cc1O. The number of hydrogen-bond donors (Lipinski definition) is 9. The fourth-order valence-electron chi connectivity index (χ4n) is 5.47. The molecule has 0 aromatic heterocycles. The number of ketones is 1. The van der Waals surface area contributed by atoms with E-state index in [1.54, 1.807) is 0 Å². The molecule has 0 saturated carbocycles. The number of phenols is 4. The lowest BCUT2D eigenvalue weighted by atomic mass is 9.91. The van der Waals surface area contributed by atoms with Gasteiger partial charge in [0.1, 0.15) is 59.4 Å². The highest BCUT2D eigenvalue weighted by atomic mass is 16.7. The summed E-state index contributed by atoms with van der Waals surface area (Å²) in [5.41, 5.74) is -0.392. The molecule has 3 aliphatic heterocycles. The summed E-state index contributed by atoms with van der Waals surface area (Å²) in [4.78, 5) is 13.8. The zero-order valence-corrected chi connectivity index (χ0v) is 23.6. The van der Waals surface area contributed by atoms with E-state index in [1.807, 2.05) is 0 Å². The van der Waals surface area contributed by atoms with E-state index in [0.717, 1.165) is 24.3 Å². The second-order valence-corrected chi connectivity index (χ2v) is 10.9. The van der Waals surface area contributed by atoms with Gasteiger partial charge >= 0.3 is 0 Å². The molecule has 0 radical (unpaired) electrons. The first kappa shape index (κ1) is 32.0. The van der Waals surface area contributed by atoms with Gasteiger partial charge in [0.15, 0.2) is 36.3 Å². The Labute approximate surface area is 249 Å². The molecule has 242 valence electrons. The van der Waals surface area contributed by atoms with Crippen LogP contribution in [0.4, 0.5) is 0 Å². The smallest absolute Gasteiger partial charge is 0.203 e. The highest BCUT2D eigenvalue weighted by Crippen LogP contribution is 2.46. The number of fused-ring (bicyclic) bond motifs is 1. The summed E-state index contributed by atoms with van der Waals surface area (Å²) < 4.78 is 33.5. The van der Waals surface area contributed by atoms with Crippen LogP contribution in [0.15, 0.2) is 24.3 Å². The molecule has 0 spiro atoms. The van der Waals surface area contributed by atoms with Crippen LogP contribution in [0.1, 0.15) is 35.9 Å². The topological polar surface area (TPSA) is 255 Å². The number of methoxy groups -OCH3 is 1. The molecule has 0 aliphatic carbocycles. The number of aliphatic hydroxyl groups excluding tert-OH is 5. The van der Waals surface area contributed by atoms with Crippen LogP contribution in [0.5, 0.6) is 34.5 Å². The molecule has 0 amide bonds. The first-order chi connectivity index (χ1) is 20.7. The summed E-state index contributed by atoms with van der Waals surface area (Å²) >= 11 is 0. The van der Waals surface area contributed by atoms with Gasteiger partial charge in [-0.15, -0.1) is 0 Å². The second-order valence-electron chi connectivity index (χ2n) is 10.9. The monoisotopic (exact) mass is 626 g/mol. The lowest BCUT2D eigenvalue weighted by Crippen LogP contribution is -2.64. The number of aromatic hydroxyl groups is 4. The van der Waals surface area contributed by atoms with Crippen LogP contribution in [0.25, 0.3) is 0 Å². The van der Waals surface area contributed by atoms with Crippen LogP contribution in [0.3, 0.4) is 0 Å². The molecule has 16 heteroatoms. The molecule has 2 aromatic rings. The Morgan fingerprint density at radius 1 is 0.705 bits per heavy atom. The molecule has 16 nitrogen and oxygen atoms in total. The number of hydrogen-bond acceptors (Lipinski definition) is 16. The largest absolute Gasteiger partial charge is 0.508 e. The fraction of sp³-hybridized carbons (Fsp3) is 0.536. The van der Waals surface area contributed by atoms with Crippen molar-refractivity contribution < 1.29 is 79.2 Å². The first-order valence-electron chi connectivity index (χ1n) is 13.6. The summed E-state index contributed by atoms with van der Waals surface area (Å²) in [6.07, 6.45) is -18.5. The van der Waals surface area contributed by atoms with Gasteiger partial charge < -0.3 is 74.4 Å². The molecule has 12 unspecified atom stereocenters. The van der Waals surface area contributed by atoms with E-state index in [1.165, 1.54) is 21.0 Å². The minimum atomic E-state index is -1.86. The standard InChI is InChI=1S/C28H34O16/c1-8-17(33)20(36)21(37)27(40-8)43-25-18(34)9(2)41-28(22(25)38)44-26-19(35)16-12(30)6-11(29)7-15(16)42-23(26)10-4-13(31)24(39-3)14(32)5-10/h4-9,17-18,20-23,25-34,36-38H,1-3H3. The molecule has 12 atom stereocenters. The van der Waals surface area contributed by atoms with E-state index in [4.69, 9.17) is 28.4 Å². The minimum Gasteiger partial charge on any atom is -0.508 e. The highest BCUT2D eigenvalue weighted by molar-refractivity contribution is 6.05. The van der Waals surface area contributed by atoms with Crippen molar-refractivity contribution in [3.63, 3.8) is 0 Å². The molecule has 2 aromatic carbocycles. The van der Waals surface area contributed by atoms with E-state index < -0.39 is 102 Å². The second kappa shape index (κ2) is 12.2. The highest BCUT2D eigenvalue weighted by Gasteiger charge is 2.52. The van der Waals surface area contributed by atoms with Crippen molar-refractivity contribution in [3.05, 3.63) is 35.4 Å². The van der Waals surface area contributed by atoms with E-state index in [-0.39, 0.29) is 22.6 Å². The third kappa shape index (κ3) is 5.60. The van der Waals surface area contributed by atoms with Gasteiger partial charge in [0.2, 0.25) is 11.5 Å². The van der Waals surface area contributed by atoms with Crippen LogP contribution in [0.2, 0.25) is 0 Å². The lowest BCUT2D eigenvalue weighted by Gasteiger charge is -2.46. The summed E-state index contributed by atoms with van der Waals surface area (Å²) in [7, 11) is 1.21. The van der Waals surface area contributed by atoms with Crippen LogP contribution >= 0.6 is 0 Å². The van der Waals surface area contributed by atoms with Crippen LogP contribution in [-0.2, 0) is 18.9 Å². The summed E-state index contributed by atoms with van der Waals surface area (Å²) in [6.45, 7) is 2.82. The molecule has 44 heavy (non-hydrogen) atoms. The molecule has 2 saturated heterocycles. The van der Waals surface area contributed by atoms with Gasteiger partial charge in [0, 0.05) is 17.7 Å². The fourth-order valence-corrected chi connectivity index (χ4v) is 5.47. The Bertz CT molecular complexity index is 1360. The van der Waals surface area contributed by atoms with E-state index in [2.05, 4.69) is 0 Å². The van der Waals surface area contributed by atoms with Crippen LogP contribution in [-0.4, -0.2) is 126 Å². The summed E-state index contributed by atoms with van der Waals surface area (Å²) in [5.74, 6) is -3.53. The molecule has 9 N–H and O–H groups in total. The van der Waals surface area contributed by atoms with Crippen molar-refractivity contribution in [2.45, 2.75) is 87.5 Å². The van der Waals surface area contributed by atoms with Gasteiger partial charge in [-0.05, 0) is 26.0 Å². The van der Waals surface area contributed by atoms with Gasteiger partial charge in [-0.25, -0.2) is 0 Å². The van der Waals surface area contributed by atoms with Crippen molar-refractivity contribution in [2.75, 3.05) is 7.11 Å². The Hall–Kier alpha value is -3.45. The van der Waals surface area contributed by atoms with Crippen molar-refractivity contribution in [1.82, 2.24) is 0 Å². The van der Waals surface area contributed by atoms with Crippen molar-refractivity contribution in [3.8, 4) is 34.5 Å². The third-order valence-corrected chi connectivity index (χ3v) is 7.87. The number of rotatable bonds is 6. The maximum Gasteiger partial charge on any atom is 0.203 e.